The zero-order valence-electron chi connectivity index (χ0n) is 19.4. The van der Waals surface area contributed by atoms with Crippen LogP contribution in [0.1, 0.15) is 59.4 Å². The minimum absolute atomic E-state index is 0.0550. The lowest BCUT2D eigenvalue weighted by atomic mass is 9.91. The Bertz CT molecular complexity index is 698. The highest BCUT2D eigenvalue weighted by Crippen LogP contribution is 2.17. The Morgan fingerprint density at radius 2 is 1.71 bits per heavy atom. The quantitative estimate of drug-likeness (QED) is 0.346. The van der Waals surface area contributed by atoms with E-state index in [9.17, 15) is 19.5 Å². The van der Waals surface area contributed by atoms with E-state index in [1.165, 1.54) is 5.56 Å². The largest absolute Gasteiger partial charge is 0.460 e. The number of aliphatic hydroxyl groups is 1. The summed E-state index contributed by atoms with van der Waals surface area (Å²) in [5.74, 6) is -1.66. The maximum absolute atomic E-state index is 12.7. The summed E-state index contributed by atoms with van der Waals surface area (Å²) in [5.41, 5.74) is 0.580. The Hall–Kier alpha value is -2.41. The van der Waals surface area contributed by atoms with Crippen LogP contribution in [0.5, 0.6) is 0 Å². The normalized spacial score (nSPS) is 13.4. The number of nitrogens with one attached hydrogen (secondary N) is 2. The number of hydrogen-bond acceptors (Lipinski definition) is 5. The van der Waals surface area contributed by atoms with Gasteiger partial charge in [0.2, 0.25) is 11.8 Å². The fraction of sp³-hybridized carbons (Fsp3) is 0.625. The van der Waals surface area contributed by atoms with E-state index in [-0.39, 0.29) is 37.2 Å². The number of aliphatic hydroxyl groups excluding tert-OH is 1. The Morgan fingerprint density at radius 3 is 2.26 bits per heavy atom. The van der Waals surface area contributed by atoms with Gasteiger partial charge in [0.05, 0.1) is 19.1 Å². The second-order valence-electron chi connectivity index (χ2n) is 9.17. The lowest BCUT2D eigenvalue weighted by Gasteiger charge is -2.25. The van der Waals surface area contributed by atoms with Crippen molar-refractivity contribution in [1.82, 2.24) is 10.6 Å². The van der Waals surface area contributed by atoms with Gasteiger partial charge in [-0.3, -0.25) is 14.4 Å². The summed E-state index contributed by atoms with van der Waals surface area (Å²) in [7, 11) is 0. The molecule has 1 rings (SSSR count). The van der Waals surface area contributed by atoms with Crippen LogP contribution in [0.2, 0.25) is 0 Å². The molecule has 1 aromatic rings. The molecule has 0 aliphatic carbocycles. The predicted molar refractivity (Wildman–Crippen MR) is 120 cm³/mol. The van der Waals surface area contributed by atoms with E-state index in [4.69, 9.17) is 4.74 Å². The number of rotatable bonds is 12. The molecule has 7 heteroatoms. The topological polar surface area (TPSA) is 105 Å². The number of carbonyl (C=O) groups is 3. The molecule has 0 radical (unpaired) electrons. The van der Waals surface area contributed by atoms with Crippen LogP contribution in [-0.2, 0) is 25.5 Å². The molecule has 31 heavy (non-hydrogen) atoms. The molecular formula is C24H38N2O5. The van der Waals surface area contributed by atoms with Crippen LogP contribution < -0.4 is 10.6 Å². The van der Waals surface area contributed by atoms with Crippen LogP contribution in [0, 0.1) is 11.8 Å². The van der Waals surface area contributed by atoms with Gasteiger partial charge in [-0.15, -0.1) is 0 Å². The first kappa shape index (κ1) is 26.6. The second-order valence-corrected chi connectivity index (χ2v) is 9.17. The first-order valence-electron chi connectivity index (χ1n) is 11.0. The van der Waals surface area contributed by atoms with E-state index in [0.29, 0.717) is 6.54 Å². The Kier molecular flexibility index (Phi) is 11.3. The zero-order valence-corrected chi connectivity index (χ0v) is 19.4. The molecule has 0 fully saturated rings. The molecule has 0 aliphatic rings. The maximum atomic E-state index is 12.7. The Morgan fingerprint density at radius 1 is 1.06 bits per heavy atom. The second kappa shape index (κ2) is 13.1. The summed E-state index contributed by atoms with van der Waals surface area (Å²) in [4.78, 5) is 37.1. The van der Waals surface area contributed by atoms with Crippen molar-refractivity contribution in [2.24, 2.45) is 11.8 Å². The highest BCUT2D eigenvalue weighted by Gasteiger charge is 2.28. The standard InChI is InChI=1S/C24H38N2O5/c1-17(2)20(15-21(28)25-13-9-12-18-10-7-6-8-11-18)23(30)26-19(16-27)14-22(29)31-24(3,4)5/h6-8,10-11,17,19-20,27H,9,12-16H2,1-5H3,(H,25,28)(H,26,30). The third-order valence-electron chi connectivity index (χ3n) is 4.75. The molecular weight excluding hydrogens is 396 g/mol. The number of hydrogen-bond donors (Lipinski definition) is 3. The summed E-state index contributed by atoms with van der Waals surface area (Å²) in [6.07, 6.45) is 1.62. The zero-order chi connectivity index (χ0) is 23.4. The van der Waals surface area contributed by atoms with Gasteiger partial charge in [-0.05, 0) is 45.1 Å². The van der Waals surface area contributed by atoms with Crippen molar-refractivity contribution in [2.75, 3.05) is 13.2 Å². The van der Waals surface area contributed by atoms with Gasteiger partial charge in [-0.25, -0.2) is 0 Å². The van der Waals surface area contributed by atoms with Gasteiger partial charge < -0.3 is 20.5 Å². The van der Waals surface area contributed by atoms with Crippen LogP contribution in [0.4, 0.5) is 0 Å². The molecule has 0 bridgehead atoms. The van der Waals surface area contributed by atoms with E-state index in [2.05, 4.69) is 22.8 Å². The van der Waals surface area contributed by atoms with E-state index < -0.39 is 23.5 Å². The molecule has 0 heterocycles. The van der Waals surface area contributed by atoms with Crippen LogP contribution in [0.3, 0.4) is 0 Å². The smallest absolute Gasteiger partial charge is 0.308 e. The van der Waals surface area contributed by atoms with Crippen LogP contribution in [-0.4, -0.2) is 47.7 Å². The molecule has 7 nitrogen and oxygen atoms in total. The van der Waals surface area contributed by atoms with Crippen molar-refractivity contribution < 1.29 is 24.2 Å². The number of esters is 1. The maximum Gasteiger partial charge on any atom is 0.308 e. The average molecular weight is 435 g/mol. The first-order chi connectivity index (χ1) is 14.5. The molecule has 0 aliphatic heterocycles. The third-order valence-corrected chi connectivity index (χ3v) is 4.75. The number of aryl methyl sites for hydroxylation is 1. The van der Waals surface area contributed by atoms with Crippen molar-refractivity contribution in [3.63, 3.8) is 0 Å². The molecule has 2 unspecified atom stereocenters. The number of benzene rings is 1. The molecule has 2 atom stereocenters. The molecule has 0 spiro atoms. The lowest BCUT2D eigenvalue weighted by Crippen LogP contribution is -2.45. The van der Waals surface area contributed by atoms with Crippen LogP contribution in [0.15, 0.2) is 30.3 Å². The van der Waals surface area contributed by atoms with Gasteiger partial charge in [0.15, 0.2) is 0 Å². The average Bonchev–Trinajstić information content (AvgIpc) is 2.67. The van der Waals surface area contributed by atoms with Gasteiger partial charge >= 0.3 is 5.97 Å². The SMILES string of the molecule is CC(C)C(CC(=O)NCCCc1ccccc1)C(=O)NC(CO)CC(=O)OC(C)(C)C. The minimum atomic E-state index is -0.752. The molecule has 174 valence electrons. The number of ether oxygens (including phenoxy) is 1. The van der Waals surface area contributed by atoms with E-state index in [1.54, 1.807) is 20.8 Å². The summed E-state index contributed by atoms with van der Waals surface area (Å²) >= 11 is 0. The van der Waals surface area contributed by atoms with Crippen molar-refractivity contribution >= 4 is 17.8 Å². The van der Waals surface area contributed by atoms with Gasteiger partial charge in [0.1, 0.15) is 5.60 Å². The molecule has 3 N–H and O–H groups in total. The van der Waals surface area contributed by atoms with E-state index in [0.717, 1.165) is 12.8 Å². The fourth-order valence-corrected chi connectivity index (χ4v) is 3.12. The monoisotopic (exact) mass is 434 g/mol. The molecule has 0 saturated carbocycles. The van der Waals surface area contributed by atoms with Crippen molar-refractivity contribution in [3.8, 4) is 0 Å². The van der Waals surface area contributed by atoms with Gasteiger partial charge in [-0.1, -0.05) is 44.2 Å². The molecule has 2 amide bonds. The third kappa shape index (κ3) is 11.5. The van der Waals surface area contributed by atoms with Gasteiger partial charge in [0.25, 0.3) is 0 Å². The number of carbonyl (C=O) groups excluding carboxylic acids is 3. The predicted octanol–water partition coefficient (Wildman–Crippen LogP) is 2.61. The fourth-order valence-electron chi connectivity index (χ4n) is 3.12. The summed E-state index contributed by atoms with van der Waals surface area (Å²) < 4.78 is 5.25. The Balaban J connectivity index is 2.49. The number of amides is 2. The van der Waals surface area contributed by atoms with E-state index in [1.807, 2.05) is 32.0 Å². The molecule has 0 aromatic heterocycles. The van der Waals surface area contributed by atoms with Gasteiger partial charge in [-0.2, -0.15) is 0 Å². The summed E-state index contributed by atoms with van der Waals surface area (Å²) in [6.45, 7) is 9.16. The van der Waals surface area contributed by atoms with Crippen molar-refractivity contribution in [3.05, 3.63) is 35.9 Å². The summed E-state index contributed by atoms with van der Waals surface area (Å²) in [6, 6.07) is 9.30. The summed E-state index contributed by atoms with van der Waals surface area (Å²) in [5, 5.41) is 15.1. The Labute approximate surface area is 185 Å². The lowest BCUT2D eigenvalue weighted by molar-refractivity contribution is -0.155. The van der Waals surface area contributed by atoms with Crippen molar-refractivity contribution in [1.29, 1.82) is 0 Å². The van der Waals surface area contributed by atoms with Gasteiger partial charge in [0, 0.05) is 18.9 Å². The highest BCUT2D eigenvalue weighted by atomic mass is 16.6. The van der Waals surface area contributed by atoms with Crippen molar-refractivity contribution in [2.45, 2.75) is 71.9 Å². The minimum Gasteiger partial charge on any atom is -0.460 e. The molecule has 0 saturated heterocycles. The molecule has 1 aromatic carbocycles. The van der Waals surface area contributed by atoms with Crippen LogP contribution in [0.25, 0.3) is 0 Å². The first-order valence-corrected chi connectivity index (χ1v) is 11.0. The van der Waals surface area contributed by atoms with Crippen LogP contribution >= 0.6 is 0 Å². The highest BCUT2D eigenvalue weighted by molar-refractivity contribution is 5.86. The van der Waals surface area contributed by atoms with E-state index >= 15 is 0 Å².